The molecule has 3 heterocycles. The fourth-order valence-electron chi connectivity index (χ4n) is 4.10. The van der Waals surface area contributed by atoms with Gasteiger partial charge in [0.1, 0.15) is 15.7 Å². The molecule has 1 aliphatic carbocycles. The molecule has 0 saturated carbocycles. The van der Waals surface area contributed by atoms with Gasteiger partial charge >= 0.3 is 0 Å². The van der Waals surface area contributed by atoms with Crippen molar-refractivity contribution in [3.63, 3.8) is 0 Å². The minimum Gasteiger partial charge on any atom is -0.352 e. The predicted octanol–water partition coefficient (Wildman–Crippen LogP) is 3.50. The molecule has 0 bridgehead atoms. The van der Waals surface area contributed by atoms with Gasteiger partial charge < -0.3 is 9.80 Å². The van der Waals surface area contributed by atoms with E-state index in [1.165, 1.54) is 23.0 Å². The van der Waals surface area contributed by atoms with Crippen molar-refractivity contribution in [2.24, 2.45) is 0 Å². The lowest BCUT2D eigenvalue weighted by Crippen LogP contribution is -2.49. The number of benzene rings is 1. The quantitative estimate of drug-likeness (QED) is 0.645. The van der Waals surface area contributed by atoms with Crippen molar-refractivity contribution in [3.8, 4) is 10.6 Å². The maximum Gasteiger partial charge on any atom is 0.265 e. The van der Waals surface area contributed by atoms with Crippen LogP contribution in [0.5, 0.6) is 0 Å². The molecule has 1 aliphatic heterocycles. The smallest absolute Gasteiger partial charge is 0.265 e. The number of aromatic nitrogens is 3. The summed E-state index contributed by atoms with van der Waals surface area (Å²) in [6.45, 7) is 4.48. The molecule has 30 heavy (non-hydrogen) atoms. The Morgan fingerprint density at radius 2 is 1.90 bits per heavy atom. The summed E-state index contributed by atoms with van der Waals surface area (Å²) in [5.41, 5.74) is 3.51. The zero-order valence-corrected chi connectivity index (χ0v) is 17.6. The fourth-order valence-corrected chi connectivity index (χ4v) is 5.16. The molecule has 8 heteroatoms. The lowest BCUT2D eigenvalue weighted by Gasteiger charge is -2.35. The molecule has 0 spiro atoms. The number of aryl methyl sites for hydroxylation is 3. The molecule has 2 aromatic heterocycles. The molecule has 0 atom stereocenters. The molecule has 0 N–H and O–H groups in total. The molecule has 1 aromatic carbocycles. The van der Waals surface area contributed by atoms with E-state index in [9.17, 15) is 9.18 Å². The number of carbonyl (C=O) groups is 1. The minimum absolute atomic E-state index is 0.0349. The van der Waals surface area contributed by atoms with Crippen LogP contribution < -0.4 is 4.90 Å². The Bertz CT molecular complexity index is 1110. The van der Waals surface area contributed by atoms with Gasteiger partial charge in [-0.1, -0.05) is 12.1 Å². The maximum atomic E-state index is 14.1. The maximum absolute atomic E-state index is 14.1. The number of fused-ring (bicyclic) bond motifs is 1. The van der Waals surface area contributed by atoms with Crippen LogP contribution >= 0.6 is 11.3 Å². The molecule has 1 amide bonds. The number of piperazine rings is 1. The molecule has 0 unspecified atom stereocenters. The Hall–Kier alpha value is -2.87. The molecule has 2 aliphatic rings. The molecular weight excluding hydrogens is 401 g/mol. The largest absolute Gasteiger partial charge is 0.352 e. The Morgan fingerprint density at radius 3 is 2.70 bits per heavy atom. The van der Waals surface area contributed by atoms with E-state index in [1.54, 1.807) is 18.2 Å². The van der Waals surface area contributed by atoms with Crippen LogP contribution in [0, 0.1) is 12.7 Å². The normalized spacial score (nSPS) is 16.1. The Balaban J connectivity index is 1.29. The van der Waals surface area contributed by atoms with Gasteiger partial charge in [-0.3, -0.25) is 4.79 Å². The lowest BCUT2D eigenvalue weighted by atomic mass is 10.2. The lowest BCUT2D eigenvalue weighted by molar-refractivity contribution is 0.0750. The van der Waals surface area contributed by atoms with Crippen LogP contribution in [0.1, 0.15) is 33.0 Å². The second kappa shape index (κ2) is 7.75. The van der Waals surface area contributed by atoms with Crippen molar-refractivity contribution in [1.82, 2.24) is 20.1 Å². The van der Waals surface area contributed by atoms with Gasteiger partial charge in [0.25, 0.3) is 5.91 Å². The summed E-state index contributed by atoms with van der Waals surface area (Å²) in [4.78, 5) is 22.2. The summed E-state index contributed by atoms with van der Waals surface area (Å²) in [6, 6.07) is 8.68. The van der Waals surface area contributed by atoms with Gasteiger partial charge in [-0.15, -0.1) is 16.4 Å². The van der Waals surface area contributed by atoms with Gasteiger partial charge in [0.2, 0.25) is 0 Å². The van der Waals surface area contributed by atoms with Crippen LogP contribution in [0.2, 0.25) is 0 Å². The second-order valence-corrected chi connectivity index (χ2v) is 8.72. The van der Waals surface area contributed by atoms with Crippen LogP contribution in [0.3, 0.4) is 0 Å². The van der Waals surface area contributed by atoms with Crippen molar-refractivity contribution in [2.75, 3.05) is 31.1 Å². The fraction of sp³-hybridized carbons (Fsp3) is 0.364. The van der Waals surface area contributed by atoms with Crippen molar-refractivity contribution >= 4 is 23.1 Å². The average molecular weight is 424 g/mol. The van der Waals surface area contributed by atoms with Crippen molar-refractivity contribution in [2.45, 2.75) is 26.2 Å². The second-order valence-electron chi connectivity index (χ2n) is 7.72. The number of rotatable bonds is 3. The summed E-state index contributed by atoms with van der Waals surface area (Å²) >= 11 is 1.26. The third kappa shape index (κ3) is 3.45. The van der Waals surface area contributed by atoms with E-state index in [0.717, 1.165) is 43.9 Å². The van der Waals surface area contributed by atoms with Gasteiger partial charge in [0, 0.05) is 31.7 Å². The molecule has 5 rings (SSSR count). The van der Waals surface area contributed by atoms with E-state index >= 15 is 0 Å². The van der Waals surface area contributed by atoms with Crippen LogP contribution in [-0.2, 0) is 12.8 Å². The third-order valence-corrected chi connectivity index (χ3v) is 6.97. The molecular formula is C22H22FN5OS. The first kappa shape index (κ1) is 19.1. The van der Waals surface area contributed by atoms with Gasteiger partial charge in [0.05, 0.1) is 11.4 Å². The third-order valence-electron chi connectivity index (χ3n) is 5.79. The summed E-state index contributed by atoms with van der Waals surface area (Å²) in [5, 5.41) is 9.31. The van der Waals surface area contributed by atoms with E-state index in [4.69, 9.17) is 0 Å². The summed E-state index contributed by atoms with van der Waals surface area (Å²) in [5.74, 6) is 0.542. The van der Waals surface area contributed by atoms with Crippen molar-refractivity contribution in [3.05, 3.63) is 58.0 Å². The molecule has 1 fully saturated rings. The summed E-state index contributed by atoms with van der Waals surface area (Å²) in [6.07, 6.45) is 3.25. The first-order valence-electron chi connectivity index (χ1n) is 10.2. The highest BCUT2D eigenvalue weighted by Crippen LogP contribution is 2.31. The van der Waals surface area contributed by atoms with Gasteiger partial charge in [0.15, 0.2) is 5.82 Å². The van der Waals surface area contributed by atoms with E-state index in [0.29, 0.717) is 34.2 Å². The summed E-state index contributed by atoms with van der Waals surface area (Å²) in [7, 11) is 0. The number of hydrogen-bond donors (Lipinski definition) is 0. The van der Waals surface area contributed by atoms with Crippen molar-refractivity contribution < 1.29 is 9.18 Å². The number of nitrogens with zero attached hydrogens (tertiary/aromatic N) is 5. The topological polar surface area (TPSA) is 62.2 Å². The van der Waals surface area contributed by atoms with Crippen LogP contribution in [0.15, 0.2) is 30.3 Å². The highest BCUT2D eigenvalue weighted by atomic mass is 32.1. The zero-order chi connectivity index (χ0) is 20.7. The van der Waals surface area contributed by atoms with Gasteiger partial charge in [-0.25, -0.2) is 9.37 Å². The molecule has 1 saturated heterocycles. The van der Waals surface area contributed by atoms with E-state index in [-0.39, 0.29) is 11.7 Å². The van der Waals surface area contributed by atoms with Crippen LogP contribution in [-0.4, -0.2) is 52.2 Å². The van der Waals surface area contributed by atoms with Crippen LogP contribution in [0.4, 0.5) is 10.2 Å². The highest BCUT2D eigenvalue weighted by molar-refractivity contribution is 7.17. The minimum atomic E-state index is -0.325. The Labute approximate surface area is 178 Å². The number of amides is 1. The molecule has 3 aromatic rings. The monoisotopic (exact) mass is 423 g/mol. The predicted molar refractivity (Wildman–Crippen MR) is 114 cm³/mol. The van der Waals surface area contributed by atoms with Crippen molar-refractivity contribution in [1.29, 1.82) is 0 Å². The standard InChI is InChI=1S/C22H22FN5OS/c1-14-20(30-21(24-14)16-6-2-3-7-17(16)23)22(29)28-11-9-27(10-12-28)19-13-15-5-4-8-18(15)25-26-19/h2-3,6-7,13H,4-5,8-12H2,1H3. The zero-order valence-electron chi connectivity index (χ0n) is 16.8. The Kier molecular flexibility index (Phi) is 4.94. The summed E-state index contributed by atoms with van der Waals surface area (Å²) < 4.78 is 14.1. The molecule has 6 nitrogen and oxygen atoms in total. The first-order valence-corrected chi connectivity index (χ1v) is 11.0. The number of thiazole rings is 1. The van der Waals surface area contributed by atoms with E-state index in [1.807, 2.05) is 11.8 Å². The van der Waals surface area contributed by atoms with Crippen LogP contribution in [0.25, 0.3) is 10.6 Å². The average Bonchev–Trinajstić information content (AvgIpc) is 3.39. The Morgan fingerprint density at radius 1 is 1.10 bits per heavy atom. The number of halogens is 1. The highest BCUT2D eigenvalue weighted by Gasteiger charge is 2.27. The van der Waals surface area contributed by atoms with E-state index < -0.39 is 0 Å². The SMILES string of the molecule is Cc1nc(-c2ccccc2F)sc1C(=O)N1CCN(c2cc3c(nn2)CCC3)CC1. The first-order chi connectivity index (χ1) is 14.6. The number of hydrogen-bond acceptors (Lipinski definition) is 6. The van der Waals surface area contributed by atoms with Gasteiger partial charge in [-0.2, -0.15) is 5.10 Å². The molecule has 154 valence electrons. The molecule has 0 radical (unpaired) electrons. The number of carbonyl (C=O) groups excluding carboxylic acids is 1. The van der Waals surface area contributed by atoms with E-state index in [2.05, 4.69) is 26.1 Å². The number of anilines is 1. The van der Waals surface area contributed by atoms with Gasteiger partial charge in [-0.05, 0) is 49.9 Å².